The average molecular weight is 460 g/mol. The van der Waals surface area contributed by atoms with Gasteiger partial charge in [0.2, 0.25) is 17.7 Å². The van der Waals surface area contributed by atoms with E-state index in [2.05, 4.69) is 5.32 Å². The summed E-state index contributed by atoms with van der Waals surface area (Å²) in [6.45, 7) is 3.86. The topological polar surface area (TPSA) is 105 Å². The highest BCUT2D eigenvalue weighted by molar-refractivity contribution is 5.89. The lowest BCUT2D eigenvalue weighted by atomic mass is 9.77. The first-order chi connectivity index (χ1) is 15.7. The maximum atomic E-state index is 12.8. The summed E-state index contributed by atoms with van der Waals surface area (Å²) in [5.74, 6) is -0.355. The van der Waals surface area contributed by atoms with Gasteiger partial charge in [0, 0.05) is 33.1 Å². The Bertz CT molecular complexity index is 894. The molecule has 3 amide bonds. The van der Waals surface area contributed by atoms with Crippen molar-refractivity contribution in [2.45, 2.75) is 45.1 Å². The molecule has 9 nitrogen and oxygen atoms in total. The molecule has 1 unspecified atom stereocenters. The molecule has 0 bridgehead atoms. The molecule has 1 atom stereocenters. The molecule has 33 heavy (non-hydrogen) atoms. The fourth-order valence-corrected chi connectivity index (χ4v) is 4.74. The van der Waals surface area contributed by atoms with Crippen molar-refractivity contribution in [3.05, 3.63) is 29.8 Å². The predicted molar refractivity (Wildman–Crippen MR) is 120 cm³/mol. The van der Waals surface area contributed by atoms with Gasteiger partial charge < -0.3 is 24.6 Å². The van der Waals surface area contributed by atoms with Crippen LogP contribution in [0, 0.1) is 5.41 Å². The van der Waals surface area contributed by atoms with Crippen LogP contribution < -0.4 is 10.1 Å². The first kappa shape index (κ1) is 24.5. The summed E-state index contributed by atoms with van der Waals surface area (Å²) in [6.07, 6.45) is 2.78. The van der Waals surface area contributed by atoms with Crippen LogP contribution in [0.2, 0.25) is 0 Å². The van der Waals surface area contributed by atoms with Gasteiger partial charge in [-0.25, -0.2) is 4.79 Å². The third kappa shape index (κ3) is 6.24. The molecule has 0 radical (unpaired) electrons. The van der Waals surface area contributed by atoms with Gasteiger partial charge in [-0.2, -0.15) is 0 Å². The van der Waals surface area contributed by atoms with Crippen molar-refractivity contribution >= 4 is 23.7 Å². The lowest BCUT2D eigenvalue weighted by Crippen LogP contribution is -2.46. The van der Waals surface area contributed by atoms with Gasteiger partial charge in [0.05, 0.1) is 27.1 Å². The maximum Gasteiger partial charge on any atom is 0.328 e. The van der Waals surface area contributed by atoms with Crippen molar-refractivity contribution in [1.29, 1.82) is 0 Å². The van der Waals surface area contributed by atoms with E-state index in [1.165, 1.54) is 14.0 Å². The molecule has 1 spiro atoms. The third-order valence-corrected chi connectivity index (χ3v) is 6.70. The number of ether oxygens (including phenoxy) is 2. The minimum absolute atomic E-state index is 0.00280. The van der Waals surface area contributed by atoms with Gasteiger partial charge in [-0.05, 0) is 42.4 Å². The number of hydrogen-bond donors (Lipinski definition) is 1. The zero-order valence-corrected chi connectivity index (χ0v) is 19.6. The Balaban J connectivity index is 1.51. The summed E-state index contributed by atoms with van der Waals surface area (Å²) in [4.78, 5) is 52.5. The highest BCUT2D eigenvalue weighted by Crippen LogP contribution is 2.40. The van der Waals surface area contributed by atoms with E-state index >= 15 is 0 Å². The zero-order valence-electron chi connectivity index (χ0n) is 19.6. The molecule has 0 aromatic heterocycles. The molecule has 0 saturated carbocycles. The molecule has 2 aliphatic heterocycles. The Hall–Kier alpha value is -3.10. The Morgan fingerprint density at radius 1 is 1.03 bits per heavy atom. The second-order valence-corrected chi connectivity index (χ2v) is 8.95. The fraction of sp³-hybridized carbons (Fsp3) is 0.583. The molecule has 0 aliphatic carbocycles. The van der Waals surface area contributed by atoms with Gasteiger partial charge in [0.25, 0.3) is 0 Å². The van der Waals surface area contributed by atoms with Crippen LogP contribution in [0.4, 0.5) is 0 Å². The van der Waals surface area contributed by atoms with Crippen molar-refractivity contribution in [2.24, 2.45) is 5.41 Å². The molecule has 1 N–H and O–H groups in total. The van der Waals surface area contributed by atoms with Crippen molar-refractivity contribution in [2.75, 3.05) is 40.4 Å². The lowest BCUT2D eigenvalue weighted by Gasteiger charge is -2.39. The number of methoxy groups -OCH3 is 2. The molecular formula is C24H33N3O6. The van der Waals surface area contributed by atoms with E-state index < -0.39 is 12.0 Å². The van der Waals surface area contributed by atoms with Crippen LogP contribution in [0.5, 0.6) is 5.75 Å². The number of carbonyl (C=O) groups excluding carboxylic acids is 4. The van der Waals surface area contributed by atoms with Crippen LogP contribution in [0.15, 0.2) is 24.3 Å². The number of nitrogens with zero attached hydrogens (tertiary/aromatic N) is 2. The number of piperidine rings is 1. The second kappa shape index (κ2) is 10.7. The molecule has 2 heterocycles. The predicted octanol–water partition coefficient (Wildman–Crippen LogP) is 1.15. The van der Waals surface area contributed by atoms with E-state index in [0.29, 0.717) is 32.6 Å². The van der Waals surface area contributed by atoms with Crippen LogP contribution in [0.3, 0.4) is 0 Å². The number of likely N-dealkylation sites (tertiary alicyclic amines) is 2. The number of hydrogen-bond acceptors (Lipinski definition) is 6. The number of amides is 3. The second-order valence-electron chi connectivity index (χ2n) is 8.95. The van der Waals surface area contributed by atoms with Crippen LogP contribution in [-0.4, -0.2) is 79.9 Å². The largest absolute Gasteiger partial charge is 0.497 e. The number of benzene rings is 1. The van der Waals surface area contributed by atoms with Crippen molar-refractivity contribution < 1.29 is 28.7 Å². The molecular weight excluding hydrogens is 426 g/mol. The van der Waals surface area contributed by atoms with E-state index in [9.17, 15) is 19.2 Å². The maximum absolute atomic E-state index is 12.8. The van der Waals surface area contributed by atoms with Crippen molar-refractivity contribution in [3.63, 3.8) is 0 Å². The lowest BCUT2D eigenvalue weighted by molar-refractivity contribution is -0.147. The van der Waals surface area contributed by atoms with E-state index in [-0.39, 0.29) is 29.6 Å². The molecule has 3 rings (SSSR count). The van der Waals surface area contributed by atoms with Gasteiger partial charge in [-0.3, -0.25) is 14.4 Å². The Kier molecular flexibility index (Phi) is 7.94. The van der Waals surface area contributed by atoms with E-state index in [1.54, 1.807) is 12.0 Å². The van der Waals surface area contributed by atoms with E-state index in [0.717, 1.165) is 30.6 Å². The summed E-state index contributed by atoms with van der Waals surface area (Å²) in [5.41, 5.74) is 0.925. The molecule has 1 aromatic carbocycles. The fourth-order valence-electron chi connectivity index (χ4n) is 4.74. The van der Waals surface area contributed by atoms with Crippen LogP contribution in [-0.2, 0) is 30.3 Å². The van der Waals surface area contributed by atoms with Gasteiger partial charge in [-0.15, -0.1) is 0 Å². The molecule has 2 saturated heterocycles. The third-order valence-electron chi connectivity index (χ3n) is 6.70. The van der Waals surface area contributed by atoms with Crippen molar-refractivity contribution in [1.82, 2.24) is 15.1 Å². The highest BCUT2D eigenvalue weighted by Gasteiger charge is 2.43. The quantitative estimate of drug-likeness (QED) is 0.614. The summed E-state index contributed by atoms with van der Waals surface area (Å²) in [5, 5.41) is 2.49. The van der Waals surface area contributed by atoms with Gasteiger partial charge in [0.1, 0.15) is 11.8 Å². The molecule has 2 aliphatic rings. The summed E-state index contributed by atoms with van der Waals surface area (Å²) < 4.78 is 9.94. The number of carbonyl (C=O) groups is 4. The Morgan fingerprint density at radius 3 is 2.30 bits per heavy atom. The van der Waals surface area contributed by atoms with Crippen LogP contribution in [0.25, 0.3) is 0 Å². The number of esters is 1. The first-order valence-electron chi connectivity index (χ1n) is 11.3. The van der Waals surface area contributed by atoms with Gasteiger partial charge >= 0.3 is 5.97 Å². The number of rotatable bonds is 7. The Morgan fingerprint density at radius 2 is 1.70 bits per heavy atom. The van der Waals surface area contributed by atoms with E-state index in [4.69, 9.17) is 9.47 Å². The minimum atomic E-state index is -0.979. The smallest absolute Gasteiger partial charge is 0.328 e. The standard InChI is InChI=1S/C24H33N3O6/c1-17(28)25-20(23(31)33-3)15-22(30)27-12-9-24(16-27)7-10-26(11-8-24)21(29)14-18-5-4-6-19(13-18)32-2/h4-6,13,20H,7-12,14-16H2,1-3H3,(H,25,28). The summed E-state index contributed by atoms with van der Waals surface area (Å²) >= 11 is 0. The van der Waals surface area contributed by atoms with Gasteiger partial charge in [-0.1, -0.05) is 12.1 Å². The SMILES string of the molecule is COC(=O)C(CC(=O)N1CCC2(CCN(C(=O)Cc3cccc(OC)c3)CC2)C1)NC(C)=O. The monoisotopic (exact) mass is 459 g/mol. The van der Waals surface area contributed by atoms with Crippen LogP contribution >= 0.6 is 0 Å². The molecule has 2 fully saturated rings. The Labute approximate surface area is 194 Å². The number of nitrogens with one attached hydrogen (secondary N) is 1. The molecule has 1 aromatic rings. The average Bonchev–Trinajstić information content (AvgIpc) is 3.21. The van der Waals surface area contributed by atoms with Crippen molar-refractivity contribution in [3.8, 4) is 5.75 Å². The summed E-state index contributed by atoms with van der Waals surface area (Å²) in [7, 11) is 2.84. The normalized spacial score (nSPS) is 18.0. The van der Waals surface area contributed by atoms with E-state index in [1.807, 2.05) is 29.2 Å². The molecule has 9 heteroatoms. The van der Waals surface area contributed by atoms with Crippen LogP contribution in [0.1, 0.15) is 38.2 Å². The first-order valence-corrected chi connectivity index (χ1v) is 11.3. The molecule has 180 valence electrons. The highest BCUT2D eigenvalue weighted by atomic mass is 16.5. The zero-order chi connectivity index (χ0) is 24.0. The minimum Gasteiger partial charge on any atom is -0.497 e. The van der Waals surface area contributed by atoms with Gasteiger partial charge in [0.15, 0.2) is 0 Å². The summed E-state index contributed by atoms with van der Waals surface area (Å²) in [6, 6.07) is 6.57.